The number of nitrogens with two attached hydrogens (primary N) is 2. The molecule has 0 saturated carbocycles. The van der Waals surface area contributed by atoms with Crippen LogP contribution in [0.1, 0.15) is 29.8 Å². The molecule has 16 heteroatoms. The number of phenolic OH excluding ortho intramolecular Hbond substituents is 1. The number of nitrogens with zero attached hydrogens (tertiary/aromatic N) is 1. The molecule has 0 aliphatic heterocycles. The molecule has 1 aliphatic carbocycles. The Balaban J connectivity index is 1.89. The van der Waals surface area contributed by atoms with E-state index in [2.05, 4.69) is 15.3 Å². The molecule has 40 heavy (non-hydrogen) atoms. The van der Waals surface area contributed by atoms with E-state index in [0.29, 0.717) is 11.1 Å². The van der Waals surface area contributed by atoms with E-state index in [-0.39, 0.29) is 39.6 Å². The number of fused-ring (bicyclic) bond motifs is 1. The van der Waals surface area contributed by atoms with Gasteiger partial charge in [-0.05, 0) is 24.3 Å². The van der Waals surface area contributed by atoms with E-state index in [1.165, 1.54) is 42.5 Å². The number of benzene rings is 2. The number of allylic oxidation sites excluding steroid dienone is 2. The van der Waals surface area contributed by atoms with Crippen molar-refractivity contribution in [3.8, 4) is 5.75 Å². The summed E-state index contributed by atoms with van der Waals surface area (Å²) >= 11 is 0. The predicted octanol–water partition coefficient (Wildman–Crippen LogP) is 0.730. The summed E-state index contributed by atoms with van der Waals surface area (Å²) in [5, 5.41) is 37.8. The van der Waals surface area contributed by atoms with Crippen LogP contribution in [0.25, 0.3) is 16.6 Å². The summed E-state index contributed by atoms with van der Waals surface area (Å²) in [6.45, 7) is -0.402. The number of nitrogen functional groups attached to an aromatic ring is 1. The number of para-hydroxylation sites is 1. The Morgan fingerprint density at radius 2 is 1.85 bits per heavy atom. The van der Waals surface area contributed by atoms with Gasteiger partial charge in [-0.1, -0.05) is 29.8 Å². The average Bonchev–Trinajstić information content (AvgIpc) is 3.27. The molecular weight excluding hydrogens is 564 g/mol. The van der Waals surface area contributed by atoms with Crippen molar-refractivity contribution in [3.63, 3.8) is 0 Å². The Bertz CT molecular complexity index is 1810. The number of imidazole rings is 1. The maximum absolute atomic E-state index is 13.3. The molecule has 0 radical (unpaired) electrons. The Hall–Kier alpha value is -4.25. The van der Waals surface area contributed by atoms with Crippen LogP contribution < -0.4 is 16.2 Å². The Kier molecular flexibility index (Phi) is 7.46. The molecule has 1 amide bonds. The smallest absolute Gasteiger partial charge is 0.266 e. The van der Waals surface area contributed by atoms with Crippen molar-refractivity contribution >= 4 is 48.5 Å². The molecule has 0 fully saturated rings. The number of aromatic nitrogens is 2. The predicted molar refractivity (Wildman–Crippen MR) is 146 cm³/mol. The summed E-state index contributed by atoms with van der Waals surface area (Å²) in [5.41, 5.74) is 6.52. The highest BCUT2D eigenvalue weighted by Crippen LogP contribution is 2.48. The van der Waals surface area contributed by atoms with E-state index < -0.39 is 61.7 Å². The second-order valence-electron chi connectivity index (χ2n) is 9.17. The molecule has 1 aliphatic rings. The molecule has 1 aromatic heterocycles. The van der Waals surface area contributed by atoms with Crippen molar-refractivity contribution in [1.82, 2.24) is 15.3 Å². The molecule has 3 aromatic rings. The fraction of sp³-hybridized carbons (Fsp3) is 0.208. The van der Waals surface area contributed by atoms with Gasteiger partial charge in [0.05, 0.1) is 16.8 Å². The van der Waals surface area contributed by atoms with Gasteiger partial charge in [-0.3, -0.25) is 14.8 Å². The van der Waals surface area contributed by atoms with Gasteiger partial charge in [-0.25, -0.2) is 18.5 Å². The van der Waals surface area contributed by atoms with Crippen molar-refractivity contribution in [2.45, 2.75) is 17.6 Å². The second kappa shape index (κ2) is 10.4. The van der Waals surface area contributed by atoms with Crippen LogP contribution in [0.5, 0.6) is 5.75 Å². The number of hydrogen-bond acceptors (Lipinski definition) is 9. The van der Waals surface area contributed by atoms with E-state index in [1.807, 2.05) is 0 Å². The minimum absolute atomic E-state index is 0.0481. The third-order valence-corrected chi connectivity index (χ3v) is 8.61. The third kappa shape index (κ3) is 5.55. The van der Waals surface area contributed by atoms with Gasteiger partial charge >= 0.3 is 0 Å². The van der Waals surface area contributed by atoms with E-state index in [4.69, 9.17) is 20.8 Å². The van der Waals surface area contributed by atoms with Gasteiger partial charge in [0.1, 0.15) is 23.2 Å². The molecule has 10 N–H and O–H groups in total. The number of carbonyl (C=O) groups is 1. The highest BCUT2D eigenvalue weighted by atomic mass is 32.2. The number of rotatable bonds is 9. The molecule has 4 rings (SSSR count). The molecule has 14 nitrogen and oxygen atoms in total. The number of amides is 1. The number of aliphatic hydroxyl groups is 1. The number of primary sulfonamides is 1. The van der Waals surface area contributed by atoms with E-state index >= 15 is 0 Å². The first-order valence-electron chi connectivity index (χ1n) is 11.6. The monoisotopic (exact) mass is 590 g/mol. The molecule has 0 bridgehead atoms. The van der Waals surface area contributed by atoms with Gasteiger partial charge < -0.3 is 26.2 Å². The fourth-order valence-corrected chi connectivity index (χ4v) is 5.98. The van der Waals surface area contributed by atoms with Crippen molar-refractivity contribution in [1.29, 1.82) is 5.41 Å². The van der Waals surface area contributed by atoms with Crippen molar-refractivity contribution in [3.05, 3.63) is 76.8 Å². The van der Waals surface area contributed by atoms with Crippen LogP contribution in [0.3, 0.4) is 0 Å². The molecule has 2 aromatic carbocycles. The molecular formula is C24H26N6O8S2. The maximum atomic E-state index is 13.3. The first-order chi connectivity index (χ1) is 18.6. The number of carbonyl (C=O) groups excluding carboxylic acids is 1. The SMILES string of the molecule is N=C(N)c1ccc2nc(C3(S(N)(=O)=O)CC(CC(=O)NCCS(=O)(=O)O)=CC(c4ccccc4O)=C3O)[nH]c2c1. The van der Waals surface area contributed by atoms with Gasteiger partial charge in [0.25, 0.3) is 10.1 Å². The molecule has 212 valence electrons. The number of aliphatic hydroxyl groups excluding tert-OH is 1. The van der Waals surface area contributed by atoms with Crippen LogP contribution in [-0.4, -0.2) is 65.6 Å². The summed E-state index contributed by atoms with van der Waals surface area (Å²) in [6.07, 6.45) is 0.369. The standard InChI is InChI=1S/C24H26N6O8S2/c25-22(26)14-5-6-17-18(11-14)30-23(29-17)24(40(27,37)38)12-13(10-20(32)28-7-8-39(34,35)36)9-16(21(24)33)15-3-1-2-4-19(15)31/h1-6,9,11,31,33H,7-8,10,12H2,(H3,25,26)(H,28,32)(H,29,30)(H2,27,37,38)(H,34,35,36). The normalized spacial score (nSPS) is 18.0. The summed E-state index contributed by atoms with van der Waals surface area (Å²) < 4.78 is 55.1. The summed E-state index contributed by atoms with van der Waals surface area (Å²) in [6, 6.07) is 10.3. The van der Waals surface area contributed by atoms with Gasteiger partial charge in [-0.15, -0.1) is 0 Å². The van der Waals surface area contributed by atoms with Gasteiger partial charge in [-0.2, -0.15) is 8.42 Å². The average molecular weight is 591 g/mol. The number of hydrogen-bond donors (Lipinski definition) is 8. The minimum atomic E-state index is -4.76. The summed E-state index contributed by atoms with van der Waals surface area (Å²) in [5.74, 6) is -3.01. The number of aromatic amines is 1. The molecule has 1 unspecified atom stereocenters. The van der Waals surface area contributed by atoms with Crippen LogP contribution in [0.15, 0.2) is 59.9 Å². The molecule has 1 heterocycles. The zero-order valence-corrected chi connectivity index (χ0v) is 22.4. The zero-order valence-electron chi connectivity index (χ0n) is 20.7. The van der Waals surface area contributed by atoms with E-state index in [1.54, 1.807) is 6.07 Å². The van der Waals surface area contributed by atoms with E-state index in [9.17, 15) is 31.8 Å². The second-order valence-corrected chi connectivity index (χ2v) is 12.5. The van der Waals surface area contributed by atoms with Gasteiger partial charge in [0.2, 0.25) is 20.7 Å². The lowest BCUT2D eigenvalue weighted by Crippen LogP contribution is -2.45. The van der Waals surface area contributed by atoms with Crippen LogP contribution in [0.4, 0.5) is 0 Å². The molecule has 0 spiro atoms. The Morgan fingerprint density at radius 1 is 1.15 bits per heavy atom. The Labute approximate surface area is 228 Å². The lowest BCUT2D eigenvalue weighted by Gasteiger charge is -2.34. The van der Waals surface area contributed by atoms with E-state index in [0.717, 1.165) is 0 Å². The first kappa shape index (κ1) is 28.8. The number of aromatic hydroxyl groups is 1. The first-order valence-corrected chi connectivity index (χ1v) is 14.8. The number of phenols is 1. The van der Waals surface area contributed by atoms with Crippen molar-refractivity contribution < 1.29 is 36.4 Å². The number of sulfonamides is 1. The zero-order chi connectivity index (χ0) is 29.5. The highest BCUT2D eigenvalue weighted by molar-refractivity contribution is 7.90. The quantitative estimate of drug-likeness (QED) is 0.0983. The lowest BCUT2D eigenvalue weighted by molar-refractivity contribution is -0.120. The van der Waals surface area contributed by atoms with Crippen molar-refractivity contribution in [2.24, 2.45) is 10.9 Å². The summed E-state index contributed by atoms with van der Waals surface area (Å²) in [7, 11) is -9.09. The third-order valence-electron chi connectivity index (χ3n) is 6.39. The fourth-order valence-electron chi connectivity index (χ4n) is 4.49. The van der Waals surface area contributed by atoms with Gasteiger partial charge in [0, 0.05) is 36.1 Å². The topological polar surface area (TPSA) is 263 Å². The van der Waals surface area contributed by atoms with Crippen molar-refractivity contribution in [2.75, 3.05) is 12.3 Å². The Morgan fingerprint density at radius 3 is 2.48 bits per heavy atom. The van der Waals surface area contributed by atoms with Crippen LogP contribution in [0, 0.1) is 5.41 Å². The summed E-state index contributed by atoms with van der Waals surface area (Å²) in [4.78, 5) is 19.8. The maximum Gasteiger partial charge on any atom is 0.266 e. The van der Waals surface area contributed by atoms with Crippen LogP contribution in [-0.2, 0) is 29.7 Å². The van der Waals surface area contributed by atoms with Crippen LogP contribution >= 0.6 is 0 Å². The van der Waals surface area contributed by atoms with Gasteiger partial charge in [0.15, 0.2) is 0 Å². The number of amidine groups is 1. The minimum Gasteiger partial charge on any atom is -0.509 e. The number of H-pyrrole nitrogens is 1. The number of nitrogens with one attached hydrogen (secondary N) is 3. The molecule has 0 saturated heterocycles. The highest BCUT2D eigenvalue weighted by Gasteiger charge is 2.54. The molecule has 1 atom stereocenters. The van der Waals surface area contributed by atoms with Crippen LogP contribution in [0.2, 0.25) is 0 Å². The largest absolute Gasteiger partial charge is 0.509 e. The lowest BCUT2D eigenvalue weighted by atomic mass is 9.83.